The number of hydrogen-bond acceptors (Lipinski definition) is 7. The Labute approximate surface area is 194 Å². The SMILES string of the molecule is Cc1nc(C)c(C(=O)C[C@](C)(N[S@+]([O-])C(C)(C)C)c2cc(-c3cncnc3)c(F)cc2F)o1. The van der Waals surface area contributed by atoms with Gasteiger partial charge in [0, 0.05) is 59.9 Å². The zero-order valence-electron chi connectivity index (χ0n) is 19.3. The summed E-state index contributed by atoms with van der Waals surface area (Å²) in [6.07, 6.45) is 3.79. The lowest BCUT2D eigenvalue weighted by molar-refractivity contribution is 0.0919. The number of carbonyl (C=O) groups is 1. The van der Waals surface area contributed by atoms with E-state index in [0.717, 1.165) is 6.07 Å². The third-order valence-corrected chi connectivity index (χ3v) is 6.82. The van der Waals surface area contributed by atoms with Gasteiger partial charge in [0.05, 0.1) is 11.2 Å². The molecule has 33 heavy (non-hydrogen) atoms. The van der Waals surface area contributed by atoms with E-state index in [1.54, 1.807) is 41.5 Å². The predicted molar refractivity (Wildman–Crippen MR) is 121 cm³/mol. The maximum Gasteiger partial charge on any atom is 0.202 e. The van der Waals surface area contributed by atoms with E-state index >= 15 is 4.39 Å². The summed E-state index contributed by atoms with van der Waals surface area (Å²) in [5.41, 5.74) is -0.699. The number of oxazole rings is 1. The molecule has 1 N–H and O–H groups in total. The molecule has 10 heteroatoms. The van der Waals surface area contributed by atoms with E-state index < -0.39 is 39.1 Å². The Morgan fingerprint density at radius 1 is 1.12 bits per heavy atom. The first-order chi connectivity index (χ1) is 15.3. The first-order valence-electron chi connectivity index (χ1n) is 10.2. The number of benzene rings is 1. The van der Waals surface area contributed by atoms with E-state index in [0.29, 0.717) is 17.1 Å². The van der Waals surface area contributed by atoms with Crippen molar-refractivity contribution in [1.29, 1.82) is 0 Å². The number of nitrogens with one attached hydrogen (secondary N) is 1. The normalized spacial score (nSPS) is 14.7. The molecule has 0 radical (unpaired) electrons. The summed E-state index contributed by atoms with van der Waals surface area (Å²) in [5.74, 6) is -1.78. The highest BCUT2D eigenvalue weighted by Crippen LogP contribution is 2.35. The lowest BCUT2D eigenvalue weighted by Gasteiger charge is -2.35. The van der Waals surface area contributed by atoms with E-state index in [1.165, 1.54) is 24.8 Å². The largest absolute Gasteiger partial charge is 0.598 e. The standard InChI is InChI=1S/C23H26F2N4O3S/c1-13-21(32-14(2)28-13)20(30)9-23(6,29-33(31)22(3,4)5)17-7-16(18(24)8-19(17)25)15-10-26-12-27-11-15/h7-8,10-12,29H,9H2,1-6H3/t23-,33+/m0/s1. The van der Waals surface area contributed by atoms with E-state index in [2.05, 4.69) is 19.7 Å². The number of hydrogen-bond donors (Lipinski definition) is 1. The molecule has 0 saturated carbocycles. The molecule has 0 aliphatic rings. The Kier molecular flexibility index (Phi) is 7.01. The molecule has 0 fully saturated rings. The number of nitrogens with zero attached hydrogens (tertiary/aromatic N) is 3. The van der Waals surface area contributed by atoms with Crippen molar-refractivity contribution in [1.82, 2.24) is 19.7 Å². The summed E-state index contributed by atoms with van der Waals surface area (Å²) in [5, 5.41) is 0. The van der Waals surface area contributed by atoms with E-state index in [-0.39, 0.29) is 23.3 Å². The fourth-order valence-corrected chi connectivity index (χ4v) is 4.26. The van der Waals surface area contributed by atoms with E-state index in [9.17, 15) is 13.7 Å². The minimum Gasteiger partial charge on any atom is -0.598 e. The van der Waals surface area contributed by atoms with Gasteiger partial charge in [-0.1, -0.05) is 0 Å². The van der Waals surface area contributed by atoms with Gasteiger partial charge < -0.3 is 8.97 Å². The summed E-state index contributed by atoms with van der Waals surface area (Å²) in [4.78, 5) is 25.0. The first kappa shape index (κ1) is 24.9. The van der Waals surface area contributed by atoms with Gasteiger partial charge in [-0.05, 0) is 40.7 Å². The van der Waals surface area contributed by atoms with Crippen LogP contribution in [0.3, 0.4) is 0 Å². The van der Waals surface area contributed by atoms with Crippen molar-refractivity contribution in [2.75, 3.05) is 0 Å². The zero-order chi connectivity index (χ0) is 24.6. The van der Waals surface area contributed by atoms with Crippen LogP contribution in [-0.2, 0) is 16.9 Å². The van der Waals surface area contributed by atoms with E-state index in [1.807, 2.05) is 0 Å². The molecule has 0 unspecified atom stereocenters. The molecule has 0 amide bonds. The average Bonchev–Trinajstić information content (AvgIpc) is 3.06. The van der Waals surface area contributed by atoms with Gasteiger partial charge in [0.15, 0.2) is 11.7 Å². The average molecular weight is 477 g/mol. The van der Waals surface area contributed by atoms with Gasteiger partial charge in [-0.3, -0.25) is 4.79 Å². The summed E-state index contributed by atoms with van der Waals surface area (Å²) >= 11 is -1.68. The first-order valence-corrected chi connectivity index (χ1v) is 11.4. The summed E-state index contributed by atoms with van der Waals surface area (Å²) < 4.78 is 50.5. The number of aryl methyl sites for hydroxylation is 2. The van der Waals surface area contributed by atoms with Crippen molar-refractivity contribution in [3.63, 3.8) is 0 Å². The summed E-state index contributed by atoms with van der Waals surface area (Å²) in [7, 11) is 0. The minimum absolute atomic E-state index is 0.0254. The van der Waals surface area contributed by atoms with Crippen LogP contribution in [0, 0.1) is 25.5 Å². The number of rotatable bonds is 7. The van der Waals surface area contributed by atoms with Crippen LogP contribution in [0.1, 0.15) is 61.8 Å². The molecular weight excluding hydrogens is 450 g/mol. The summed E-state index contributed by atoms with van der Waals surface area (Å²) in [6, 6.07) is 2.04. The molecule has 2 aromatic heterocycles. The molecule has 0 aliphatic heterocycles. The Morgan fingerprint density at radius 3 is 2.30 bits per heavy atom. The maximum atomic E-state index is 15.2. The topological polar surface area (TPSA) is 104 Å². The molecule has 176 valence electrons. The highest BCUT2D eigenvalue weighted by Gasteiger charge is 2.42. The lowest BCUT2D eigenvalue weighted by Crippen LogP contribution is -2.51. The minimum atomic E-state index is -1.68. The molecule has 2 heterocycles. The van der Waals surface area contributed by atoms with E-state index in [4.69, 9.17) is 4.42 Å². The number of halogens is 2. The lowest BCUT2D eigenvalue weighted by atomic mass is 9.85. The molecular formula is C23H26F2N4O3S. The molecule has 2 atom stereocenters. The van der Waals surface area contributed by atoms with Crippen LogP contribution in [-0.4, -0.2) is 30.0 Å². The highest BCUT2D eigenvalue weighted by molar-refractivity contribution is 7.90. The molecule has 0 aliphatic carbocycles. The van der Waals surface area contributed by atoms with Gasteiger partial charge in [0.25, 0.3) is 0 Å². The van der Waals surface area contributed by atoms with Crippen molar-refractivity contribution in [2.24, 2.45) is 0 Å². The van der Waals surface area contributed by atoms with Crippen LogP contribution in [0.25, 0.3) is 11.1 Å². The predicted octanol–water partition coefficient (Wildman–Crippen LogP) is 4.57. The molecule has 0 saturated heterocycles. The van der Waals surface area contributed by atoms with Crippen LogP contribution in [0.5, 0.6) is 0 Å². The van der Waals surface area contributed by atoms with Gasteiger partial charge in [-0.2, -0.15) is 0 Å². The van der Waals surface area contributed by atoms with Gasteiger partial charge in [-0.25, -0.2) is 23.7 Å². The van der Waals surface area contributed by atoms with Gasteiger partial charge in [0.1, 0.15) is 22.7 Å². The third-order valence-electron chi connectivity index (χ3n) is 5.07. The van der Waals surface area contributed by atoms with Crippen molar-refractivity contribution in [3.05, 3.63) is 65.4 Å². The van der Waals surface area contributed by atoms with Crippen LogP contribution in [0.2, 0.25) is 0 Å². The fourth-order valence-electron chi connectivity index (χ4n) is 3.37. The van der Waals surface area contributed by atoms with Crippen molar-refractivity contribution in [3.8, 4) is 11.1 Å². The molecule has 0 bridgehead atoms. The van der Waals surface area contributed by atoms with Crippen molar-refractivity contribution >= 4 is 17.1 Å². The second-order valence-corrected chi connectivity index (χ2v) is 11.0. The van der Waals surface area contributed by atoms with Crippen molar-refractivity contribution in [2.45, 2.75) is 58.2 Å². The Balaban J connectivity index is 2.13. The molecule has 0 spiro atoms. The fraction of sp³-hybridized carbons (Fsp3) is 0.391. The monoisotopic (exact) mass is 476 g/mol. The van der Waals surface area contributed by atoms with Gasteiger partial charge >= 0.3 is 0 Å². The summed E-state index contributed by atoms with van der Waals surface area (Å²) in [6.45, 7) is 10.0. The quantitative estimate of drug-likeness (QED) is 0.394. The molecule has 7 nitrogen and oxygen atoms in total. The van der Waals surface area contributed by atoms with Gasteiger partial charge in [0.2, 0.25) is 5.78 Å². The number of aromatic nitrogens is 3. The van der Waals surface area contributed by atoms with Crippen LogP contribution in [0.4, 0.5) is 8.78 Å². The van der Waals surface area contributed by atoms with Crippen LogP contribution < -0.4 is 4.72 Å². The second-order valence-electron chi connectivity index (χ2n) is 9.00. The van der Waals surface area contributed by atoms with Gasteiger partial charge in [-0.15, -0.1) is 4.72 Å². The number of carbonyl (C=O) groups excluding carboxylic acids is 1. The third kappa shape index (κ3) is 5.45. The molecule has 1 aromatic carbocycles. The van der Waals surface area contributed by atoms with Crippen molar-refractivity contribution < 1.29 is 22.5 Å². The molecule has 3 aromatic rings. The van der Waals surface area contributed by atoms with Crippen LogP contribution >= 0.6 is 0 Å². The molecule has 3 rings (SSSR count). The highest BCUT2D eigenvalue weighted by atomic mass is 32.2. The Hall–Kier alpha value is -2.69. The Morgan fingerprint density at radius 2 is 1.76 bits per heavy atom. The number of ketones is 1. The number of Topliss-reactive ketones (excluding diaryl/α,β-unsaturated/α-hetero) is 1. The smallest absolute Gasteiger partial charge is 0.202 e. The Bertz CT molecular complexity index is 1160. The maximum absolute atomic E-state index is 15.2. The second kappa shape index (κ2) is 9.28. The zero-order valence-corrected chi connectivity index (χ0v) is 20.1. The van der Waals surface area contributed by atoms with Crippen LogP contribution in [0.15, 0.2) is 35.3 Å².